The Kier molecular flexibility index (Phi) is 6.40. The van der Waals surface area contributed by atoms with Crippen LogP contribution in [0, 0.1) is 0 Å². The molecule has 1 fully saturated rings. The monoisotopic (exact) mass is 463 g/mol. The van der Waals surface area contributed by atoms with E-state index < -0.39 is 12.1 Å². The molecule has 2 aromatic carbocycles. The molecule has 168 valence electrons. The van der Waals surface area contributed by atoms with Crippen molar-refractivity contribution in [2.24, 2.45) is 0 Å². The van der Waals surface area contributed by atoms with Gasteiger partial charge in [-0.25, -0.2) is 0 Å². The van der Waals surface area contributed by atoms with Crippen LogP contribution in [0.4, 0.5) is 13.2 Å². The van der Waals surface area contributed by atoms with Crippen molar-refractivity contribution >= 4 is 17.7 Å². The molecule has 1 saturated heterocycles. The van der Waals surface area contributed by atoms with Crippen LogP contribution in [0.3, 0.4) is 0 Å². The summed E-state index contributed by atoms with van der Waals surface area (Å²) in [5, 5.41) is 3.65. The van der Waals surface area contributed by atoms with Gasteiger partial charge in [-0.1, -0.05) is 17.3 Å². The lowest BCUT2D eigenvalue weighted by molar-refractivity contribution is -0.159. The van der Waals surface area contributed by atoms with Gasteiger partial charge in [-0.05, 0) is 48.4 Å². The summed E-state index contributed by atoms with van der Waals surface area (Å²) in [6.07, 6.45) is -3.44. The van der Waals surface area contributed by atoms with Gasteiger partial charge in [-0.2, -0.15) is 18.2 Å². The van der Waals surface area contributed by atoms with Crippen molar-refractivity contribution < 1.29 is 27.2 Å². The number of hydrogen-bond donors (Lipinski definition) is 0. The number of amides is 1. The van der Waals surface area contributed by atoms with Crippen LogP contribution in [0.15, 0.2) is 57.9 Å². The van der Waals surface area contributed by atoms with E-state index in [1.807, 2.05) is 41.3 Å². The molecule has 1 aromatic heterocycles. The Labute approximate surface area is 186 Å². The average Bonchev–Trinajstić information content (AvgIpc) is 3.45. The molecule has 6 nitrogen and oxygen atoms in total. The minimum atomic E-state index is -4.67. The summed E-state index contributed by atoms with van der Waals surface area (Å²) in [5.74, 6) is -0.627. The number of likely N-dealkylation sites (tertiary alicyclic amines) is 1. The molecule has 0 spiro atoms. The second-order valence-electron chi connectivity index (χ2n) is 7.34. The normalized spacial score (nSPS) is 16.4. The fraction of sp³-hybridized carbons (Fsp3) is 0.318. The Balaban J connectivity index is 1.31. The Hall–Kier alpha value is -3.01. The van der Waals surface area contributed by atoms with E-state index in [0.29, 0.717) is 25.1 Å². The van der Waals surface area contributed by atoms with Crippen LogP contribution in [0.1, 0.15) is 17.9 Å². The first-order valence-corrected chi connectivity index (χ1v) is 10.8. The number of ether oxygens (including phenoxy) is 1. The van der Waals surface area contributed by atoms with E-state index in [4.69, 9.17) is 4.74 Å². The summed E-state index contributed by atoms with van der Waals surface area (Å²) in [6, 6.07) is 14.4. The fourth-order valence-corrected chi connectivity index (χ4v) is 4.57. The minimum Gasteiger partial charge on any atom is -0.497 e. The lowest BCUT2D eigenvalue weighted by atomic mass is 10.1. The lowest BCUT2D eigenvalue weighted by Gasteiger charge is -2.16. The molecule has 0 unspecified atom stereocenters. The third kappa shape index (κ3) is 5.24. The number of rotatable bonds is 6. The van der Waals surface area contributed by atoms with Gasteiger partial charge in [0.25, 0.3) is 0 Å². The van der Waals surface area contributed by atoms with Gasteiger partial charge in [-0.15, -0.1) is 11.8 Å². The minimum absolute atomic E-state index is 0.0891. The highest BCUT2D eigenvalue weighted by Gasteiger charge is 2.38. The molecule has 1 amide bonds. The zero-order valence-electron chi connectivity index (χ0n) is 17.1. The smallest absolute Gasteiger partial charge is 0.471 e. The molecule has 2 heterocycles. The van der Waals surface area contributed by atoms with Gasteiger partial charge in [0.2, 0.25) is 11.7 Å². The van der Waals surface area contributed by atoms with E-state index in [1.54, 1.807) is 31.0 Å². The van der Waals surface area contributed by atoms with Crippen molar-refractivity contribution in [2.45, 2.75) is 29.2 Å². The van der Waals surface area contributed by atoms with Gasteiger partial charge in [0.1, 0.15) is 5.75 Å². The highest BCUT2D eigenvalue weighted by atomic mass is 32.2. The number of halogens is 3. The van der Waals surface area contributed by atoms with Crippen LogP contribution in [0.25, 0.3) is 11.4 Å². The third-order valence-electron chi connectivity index (χ3n) is 5.10. The second-order valence-corrected chi connectivity index (χ2v) is 8.71. The number of aromatic nitrogens is 2. The van der Waals surface area contributed by atoms with Crippen LogP contribution < -0.4 is 4.74 Å². The zero-order valence-corrected chi connectivity index (χ0v) is 17.9. The van der Waals surface area contributed by atoms with Crippen molar-refractivity contribution in [3.05, 3.63) is 60.0 Å². The SMILES string of the molecule is COc1ccc(CC(=O)N2CC[C@@H](Sc3ccc(-c4noc(C(F)(F)F)n4)cc3)C2)cc1. The number of carbonyl (C=O) groups is 1. The predicted octanol–water partition coefficient (Wildman–Crippen LogP) is 4.70. The predicted molar refractivity (Wildman–Crippen MR) is 112 cm³/mol. The largest absolute Gasteiger partial charge is 0.497 e. The highest BCUT2D eigenvalue weighted by molar-refractivity contribution is 8.00. The quantitative estimate of drug-likeness (QED) is 0.528. The number of alkyl halides is 3. The molecule has 0 bridgehead atoms. The van der Waals surface area contributed by atoms with Crippen LogP contribution in [0.5, 0.6) is 5.75 Å². The van der Waals surface area contributed by atoms with Crippen LogP contribution in [0.2, 0.25) is 0 Å². The molecule has 3 aromatic rings. The van der Waals surface area contributed by atoms with E-state index in [0.717, 1.165) is 22.6 Å². The molecule has 0 radical (unpaired) electrons. The van der Waals surface area contributed by atoms with Gasteiger partial charge in [0, 0.05) is 28.8 Å². The van der Waals surface area contributed by atoms with Crippen LogP contribution >= 0.6 is 11.8 Å². The van der Waals surface area contributed by atoms with Gasteiger partial charge in [0.05, 0.1) is 13.5 Å². The molecule has 0 N–H and O–H groups in total. The summed E-state index contributed by atoms with van der Waals surface area (Å²) in [4.78, 5) is 18.9. The first-order valence-electron chi connectivity index (χ1n) is 9.90. The maximum absolute atomic E-state index is 12.6. The maximum Gasteiger partial charge on any atom is 0.471 e. The summed E-state index contributed by atoms with van der Waals surface area (Å²) >= 11 is 1.64. The van der Waals surface area contributed by atoms with Crippen molar-refractivity contribution in [1.29, 1.82) is 0 Å². The Morgan fingerprint density at radius 3 is 2.53 bits per heavy atom. The summed E-state index contributed by atoms with van der Waals surface area (Å²) in [7, 11) is 1.60. The summed E-state index contributed by atoms with van der Waals surface area (Å²) in [5.41, 5.74) is 1.38. The number of carbonyl (C=O) groups excluding carboxylic acids is 1. The standard InChI is InChI=1S/C22H20F3N3O3S/c1-30-16-6-2-14(3-7-16)12-19(29)28-11-10-18(13-28)32-17-8-4-15(5-9-17)20-26-21(31-27-20)22(23,24)25/h2-9,18H,10-13H2,1H3/t18-/m1/s1. The van der Waals surface area contributed by atoms with E-state index in [9.17, 15) is 18.0 Å². The third-order valence-corrected chi connectivity index (χ3v) is 6.36. The molecular weight excluding hydrogens is 443 g/mol. The Morgan fingerprint density at radius 1 is 1.19 bits per heavy atom. The van der Waals surface area contributed by atoms with Crippen LogP contribution in [-0.2, 0) is 17.4 Å². The number of methoxy groups -OCH3 is 1. The molecule has 1 atom stereocenters. The Morgan fingerprint density at radius 2 is 1.91 bits per heavy atom. The number of nitrogens with zero attached hydrogens (tertiary/aromatic N) is 3. The van der Waals surface area contributed by atoms with E-state index in [-0.39, 0.29) is 17.0 Å². The van der Waals surface area contributed by atoms with Gasteiger partial charge in [0.15, 0.2) is 0 Å². The van der Waals surface area contributed by atoms with Crippen LogP contribution in [-0.4, -0.2) is 46.4 Å². The summed E-state index contributed by atoms with van der Waals surface area (Å²) < 4.78 is 47.3. The molecule has 0 aliphatic carbocycles. The van der Waals surface area contributed by atoms with Crippen molar-refractivity contribution in [3.8, 4) is 17.1 Å². The average molecular weight is 463 g/mol. The maximum atomic E-state index is 12.6. The topological polar surface area (TPSA) is 68.5 Å². The van der Waals surface area contributed by atoms with E-state index >= 15 is 0 Å². The van der Waals surface area contributed by atoms with E-state index in [2.05, 4.69) is 14.7 Å². The fourth-order valence-electron chi connectivity index (χ4n) is 3.41. The van der Waals surface area contributed by atoms with Crippen molar-refractivity contribution in [3.63, 3.8) is 0 Å². The highest BCUT2D eigenvalue weighted by Crippen LogP contribution is 2.32. The van der Waals surface area contributed by atoms with E-state index in [1.165, 1.54) is 0 Å². The zero-order chi connectivity index (χ0) is 22.7. The van der Waals surface area contributed by atoms with Crippen molar-refractivity contribution in [2.75, 3.05) is 20.2 Å². The first kappa shape index (κ1) is 22.2. The molecule has 4 rings (SSSR count). The van der Waals surface area contributed by atoms with Crippen molar-refractivity contribution in [1.82, 2.24) is 15.0 Å². The number of hydrogen-bond acceptors (Lipinski definition) is 6. The molecular formula is C22H20F3N3O3S. The summed E-state index contributed by atoms with van der Waals surface area (Å²) in [6.45, 7) is 1.36. The molecule has 1 aliphatic heterocycles. The van der Waals surface area contributed by atoms with Gasteiger partial charge >= 0.3 is 12.1 Å². The van der Waals surface area contributed by atoms with Gasteiger partial charge < -0.3 is 14.2 Å². The number of benzene rings is 2. The van der Waals surface area contributed by atoms with Gasteiger partial charge in [-0.3, -0.25) is 4.79 Å². The molecule has 1 aliphatic rings. The lowest BCUT2D eigenvalue weighted by Crippen LogP contribution is -2.30. The first-order chi connectivity index (χ1) is 15.3. The number of thioether (sulfide) groups is 1. The second kappa shape index (κ2) is 9.23. The molecule has 32 heavy (non-hydrogen) atoms. The Bertz CT molecular complexity index is 1070. The molecule has 10 heteroatoms. The molecule has 0 saturated carbocycles.